The minimum atomic E-state index is -1.72. The second kappa shape index (κ2) is 15.5. The molecule has 0 saturated carbocycles. The van der Waals surface area contributed by atoms with E-state index < -0.39 is 78.0 Å². The quantitative estimate of drug-likeness (QED) is 0.327. The molecule has 0 amide bonds. The van der Waals surface area contributed by atoms with E-state index in [0.717, 1.165) is 0 Å². The SMILES string of the molecule is CC[C@H]1OC(=O)[C@H](C)[C@H]2OCC(O)CO[C@](C)(C[C@@H](C)CN(C)[C@H](C)[C@@H](O)[C@]1(C)O)[C@H](O[C@@H]1O[C@H](C)C[C@H](N(C)C)[C@H]1O)[C@H]2C. The normalized spacial score (nSPS) is 48.5. The van der Waals surface area contributed by atoms with Gasteiger partial charge in [0.1, 0.15) is 30.0 Å². The molecule has 1 unspecified atom stereocenters. The van der Waals surface area contributed by atoms with Gasteiger partial charge in [-0.15, -0.1) is 0 Å². The third-order valence-electron chi connectivity index (χ3n) is 10.5. The highest BCUT2D eigenvalue weighted by Gasteiger charge is 2.52. The molecule has 3 heterocycles. The van der Waals surface area contributed by atoms with Crippen LogP contribution in [0.4, 0.5) is 0 Å². The maximum absolute atomic E-state index is 13.8. The van der Waals surface area contributed by atoms with Crippen molar-refractivity contribution in [1.29, 1.82) is 0 Å². The lowest BCUT2D eigenvalue weighted by molar-refractivity contribution is -0.303. The molecule has 0 aliphatic carbocycles. The number of hydrogen-bond acceptors (Lipinski definition) is 12. The first kappa shape index (κ1) is 38.5. The molecule has 3 aliphatic heterocycles. The summed E-state index contributed by atoms with van der Waals surface area (Å²) in [5.41, 5.74) is -2.73. The van der Waals surface area contributed by atoms with Gasteiger partial charge in [-0.25, -0.2) is 0 Å². The number of nitrogens with zero attached hydrogens (tertiary/aromatic N) is 2. The maximum Gasteiger partial charge on any atom is 0.311 e. The standard InChI is InChI=1S/C33H62N2O10/c1-12-25-33(8,40)28(38)22(6)35(11)15-18(2)14-32(7)29(45-31-26(37)24(34(9)10)13-19(3)43-31)20(4)27(21(5)30(39)44-25)41-16-23(36)17-42-32/h18-29,31,36-38,40H,12-17H2,1-11H3/t18-,19-,20+,21-,22-,23?,24+,25-,26-,27+,28-,29-,31+,32-,33-/m1/s1. The number of aliphatic hydroxyl groups excluding tert-OH is 3. The third-order valence-corrected chi connectivity index (χ3v) is 10.5. The molecule has 3 fully saturated rings. The number of carbonyl (C=O) groups is 1. The van der Waals surface area contributed by atoms with Gasteiger partial charge < -0.3 is 53.9 Å². The van der Waals surface area contributed by atoms with E-state index in [1.54, 1.807) is 13.8 Å². The zero-order valence-corrected chi connectivity index (χ0v) is 29.4. The van der Waals surface area contributed by atoms with E-state index in [0.29, 0.717) is 19.4 Å². The lowest BCUT2D eigenvalue weighted by atomic mass is 9.77. The Kier molecular flexibility index (Phi) is 13.3. The number of aliphatic hydroxyl groups is 4. The van der Waals surface area contributed by atoms with E-state index in [2.05, 4.69) is 6.92 Å². The molecular weight excluding hydrogens is 584 g/mol. The molecule has 0 aromatic rings. The molecule has 3 rings (SSSR count). The zero-order valence-electron chi connectivity index (χ0n) is 29.4. The minimum absolute atomic E-state index is 0.00298. The largest absolute Gasteiger partial charge is 0.459 e. The Labute approximate surface area is 270 Å². The molecule has 0 spiro atoms. The van der Waals surface area contributed by atoms with Gasteiger partial charge in [-0.2, -0.15) is 0 Å². The molecule has 3 saturated heterocycles. The smallest absolute Gasteiger partial charge is 0.311 e. The molecule has 12 nitrogen and oxygen atoms in total. The predicted octanol–water partition coefficient (Wildman–Crippen LogP) is 1.40. The monoisotopic (exact) mass is 646 g/mol. The number of esters is 1. The van der Waals surface area contributed by atoms with Crippen LogP contribution in [0.1, 0.15) is 74.7 Å². The zero-order chi connectivity index (χ0) is 34.0. The molecule has 15 atom stereocenters. The van der Waals surface area contributed by atoms with Gasteiger partial charge in [-0.3, -0.25) is 4.79 Å². The first-order valence-electron chi connectivity index (χ1n) is 16.7. The Morgan fingerprint density at radius 3 is 2.31 bits per heavy atom. The minimum Gasteiger partial charge on any atom is -0.459 e. The number of hydrogen-bond donors (Lipinski definition) is 4. The van der Waals surface area contributed by atoms with Gasteiger partial charge >= 0.3 is 5.97 Å². The van der Waals surface area contributed by atoms with E-state index >= 15 is 0 Å². The molecule has 0 aromatic heterocycles. The molecule has 0 radical (unpaired) electrons. The number of cyclic esters (lactones) is 1. The van der Waals surface area contributed by atoms with E-state index in [9.17, 15) is 25.2 Å². The van der Waals surface area contributed by atoms with Gasteiger partial charge in [0.05, 0.1) is 43.0 Å². The first-order chi connectivity index (χ1) is 20.8. The van der Waals surface area contributed by atoms with Crippen LogP contribution in [-0.4, -0.2) is 149 Å². The summed E-state index contributed by atoms with van der Waals surface area (Å²) in [5.74, 6) is -1.92. The van der Waals surface area contributed by atoms with Crippen LogP contribution >= 0.6 is 0 Å². The topological polar surface area (TPSA) is 151 Å². The van der Waals surface area contributed by atoms with Crippen molar-refractivity contribution in [2.75, 3.05) is 40.9 Å². The van der Waals surface area contributed by atoms with Crippen molar-refractivity contribution in [3.63, 3.8) is 0 Å². The van der Waals surface area contributed by atoms with Crippen LogP contribution in [0.5, 0.6) is 0 Å². The van der Waals surface area contributed by atoms with E-state index in [-0.39, 0.29) is 37.7 Å². The Morgan fingerprint density at radius 2 is 1.71 bits per heavy atom. The van der Waals surface area contributed by atoms with Crippen LogP contribution in [0.2, 0.25) is 0 Å². The molecule has 12 heteroatoms. The molecule has 0 aromatic carbocycles. The van der Waals surface area contributed by atoms with Crippen LogP contribution < -0.4 is 0 Å². The third kappa shape index (κ3) is 8.76. The molecule has 3 aliphatic rings. The fraction of sp³-hybridized carbons (Fsp3) is 0.970. The number of ether oxygens (including phenoxy) is 5. The number of carbonyl (C=O) groups excluding carboxylic acids is 1. The fourth-order valence-electron chi connectivity index (χ4n) is 7.69. The summed E-state index contributed by atoms with van der Waals surface area (Å²) < 4.78 is 31.8. The van der Waals surface area contributed by atoms with Gasteiger partial charge in [0.25, 0.3) is 0 Å². The van der Waals surface area contributed by atoms with Crippen molar-refractivity contribution in [3.05, 3.63) is 0 Å². The summed E-state index contributed by atoms with van der Waals surface area (Å²) >= 11 is 0. The number of fused-ring (bicyclic) bond motifs is 3. The summed E-state index contributed by atoms with van der Waals surface area (Å²) in [6.07, 6.45) is -5.33. The van der Waals surface area contributed by atoms with E-state index in [4.69, 9.17) is 23.7 Å². The summed E-state index contributed by atoms with van der Waals surface area (Å²) in [6, 6.07) is -0.663. The van der Waals surface area contributed by atoms with Gasteiger partial charge in [0.2, 0.25) is 0 Å². The summed E-state index contributed by atoms with van der Waals surface area (Å²) in [6.45, 7) is 15.2. The Balaban J connectivity index is 2.14. The van der Waals surface area contributed by atoms with Crippen LogP contribution in [0.3, 0.4) is 0 Å². The fourth-order valence-corrected chi connectivity index (χ4v) is 7.69. The lowest BCUT2D eigenvalue weighted by Gasteiger charge is -2.48. The predicted molar refractivity (Wildman–Crippen MR) is 168 cm³/mol. The highest BCUT2D eigenvalue weighted by molar-refractivity contribution is 5.73. The summed E-state index contributed by atoms with van der Waals surface area (Å²) in [4.78, 5) is 17.7. The lowest BCUT2D eigenvalue weighted by Crippen LogP contribution is -2.59. The van der Waals surface area contributed by atoms with Crippen LogP contribution in [0.15, 0.2) is 0 Å². The van der Waals surface area contributed by atoms with Crippen LogP contribution in [-0.2, 0) is 28.5 Å². The summed E-state index contributed by atoms with van der Waals surface area (Å²) in [5, 5.41) is 45.2. The Bertz CT molecular complexity index is 954. The molecule has 2 bridgehead atoms. The molecular formula is C33H62N2O10. The maximum atomic E-state index is 13.8. The van der Waals surface area contributed by atoms with Gasteiger partial charge in [0, 0.05) is 24.5 Å². The molecule has 4 N–H and O–H groups in total. The van der Waals surface area contributed by atoms with Crippen molar-refractivity contribution in [2.24, 2.45) is 17.8 Å². The number of rotatable bonds is 4. The average molecular weight is 647 g/mol. The van der Waals surface area contributed by atoms with Crippen molar-refractivity contribution in [2.45, 2.75) is 147 Å². The summed E-state index contributed by atoms with van der Waals surface area (Å²) in [7, 11) is 5.72. The highest BCUT2D eigenvalue weighted by Crippen LogP contribution is 2.40. The van der Waals surface area contributed by atoms with Crippen LogP contribution in [0, 0.1) is 17.8 Å². The number of likely N-dealkylation sites (N-methyl/N-ethyl adjacent to an activating group) is 2. The average Bonchev–Trinajstić information content (AvgIpc) is 3.00. The first-order valence-corrected chi connectivity index (χ1v) is 16.7. The Hall–Kier alpha value is -0.930. The molecule has 45 heavy (non-hydrogen) atoms. The van der Waals surface area contributed by atoms with E-state index in [1.807, 2.05) is 58.6 Å². The second-order valence-corrected chi connectivity index (χ2v) is 14.8. The second-order valence-electron chi connectivity index (χ2n) is 14.8. The van der Waals surface area contributed by atoms with Crippen molar-refractivity contribution < 1.29 is 48.9 Å². The van der Waals surface area contributed by atoms with Gasteiger partial charge in [-0.1, -0.05) is 20.8 Å². The van der Waals surface area contributed by atoms with Crippen molar-refractivity contribution in [1.82, 2.24) is 9.80 Å². The van der Waals surface area contributed by atoms with Crippen molar-refractivity contribution >= 4 is 5.97 Å². The van der Waals surface area contributed by atoms with Crippen LogP contribution in [0.25, 0.3) is 0 Å². The van der Waals surface area contributed by atoms with E-state index in [1.165, 1.54) is 6.92 Å². The Morgan fingerprint density at radius 1 is 1.07 bits per heavy atom. The highest BCUT2D eigenvalue weighted by atomic mass is 16.7. The van der Waals surface area contributed by atoms with Crippen molar-refractivity contribution in [3.8, 4) is 0 Å². The molecule has 264 valence electrons. The van der Waals surface area contributed by atoms with Gasteiger partial charge in [-0.05, 0) is 80.9 Å². The van der Waals surface area contributed by atoms with Gasteiger partial charge in [0.15, 0.2) is 6.29 Å².